The summed E-state index contributed by atoms with van der Waals surface area (Å²) in [5, 5.41) is 8.65. The summed E-state index contributed by atoms with van der Waals surface area (Å²) in [4.78, 5) is 14.3. The van der Waals surface area contributed by atoms with Gasteiger partial charge in [0.15, 0.2) is 0 Å². The molecule has 0 heterocycles. The number of hydrogen-bond acceptors (Lipinski definition) is 3. The third-order valence-corrected chi connectivity index (χ3v) is 2.76. The molecule has 0 aliphatic carbocycles. The number of benzene rings is 2. The van der Waals surface area contributed by atoms with Crippen LogP contribution in [0.5, 0.6) is 5.75 Å². The molecule has 0 fully saturated rings. The van der Waals surface area contributed by atoms with Crippen molar-refractivity contribution in [3.05, 3.63) is 70.6 Å². The summed E-state index contributed by atoms with van der Waals surface area (Å²) >= 11 is 0. The Morgan fingerprint density at radius 2 is 1.52 bits per heavy atom. The zero-order valence-corrected chi connectivity index (χ0v) is 16.2. The second-order valence-electron chi connectivity index (χ2n) is 4.31. The molecule has 4 nitrogen and oxygen atoms in total. The Morgan fingerprint density at radius 3 is 1.96 bits per heavy atom. The van der Waals surface area contributed by atoms with Gasteiger partial charge in [0, 0.05) is 51.0 Å². The van der Waals surface area contributed by atoms with Gasteiger partial charge in [0.2, 0.25) is 0 Å². The Bertz CT molecular complexity index is 608. The Morgan fingerprint density at radius 1 is 1.00 bits per heavy atom. The van der Waals surface area contributed by atoms with Crippen LogP contribution in [0.2, 0.25) is 0 Å². The minimum Gasteiger partial charge on any atom is -0.810 e. The van der Waals surface area contributed by atoms with Crippen molar-refractivity contribution in [1.29, 1.82) is 0 Å². The predicted molar refractivity (Wildman–Crippen MR) is 91.5 cm³/mol. The summed E-state index contributed by atoms with van der Waals surface area (Å²) in [5.41, 5.74) is 2.53. The van der Waals surface area contributed by atoms with Crippen LogP contribution in [0.4, 0.5) is 0 Å². The van der Waals surface area contributed by atoms with Crippen molar-refractivity contribution in [3.63, 3.8) is 0 Å². The number of carbonyl (C=O) groups excluding carboxylic acids is 1. The van der Waals surface area contributed by atoms with Crippen molar-refractivity contribution in [2.75, 3.05) is 13.7 Å². The first-order chi connectivity index (χ1) is 10.7. The molecule has 2 aromatic rings. The Balaban J connectivity index is 0.000000409. The SMILES string of the molecule is CCN=Cc1ccc(C=[N-])cc1.COc1ccc(C=O)cc1.[Y]. The zero-order valence-electron chi connectivity index (χ0n) is 13.3. The first-order valence-electron chi connectivity index (χ1n) is 6.90. The molecular formula is C18H19N2O2Y-. The molecule has 117 valence electrons. The maximum atomic E-state index is 10.2. The van der Waals surface area contributed by atoms with E-state index in [0.717, 1.165) is 35.9 Å². The standard InChI is InChI=1S/C10H11N2.C8H8O2.Y/c1-2-12-8-10-5-3-9(7-11)4-6-10;1-10-8-4-2-7(6-9)3-5-8;/h3-8H,2H2,1H3;2-6H,1H3;/q-1;;. The van der Waals surface area contributed by atoms with Gasteiger partial charge in [-0.05, 0) is 42.3 Å². The summed E-state index contributed by atoms with van der Waals surface area (Å²) < 4.78 is 4.90. The molecule has 0 saturated carbocycles. The third kappa shape index (κ3) is 8.53. The van der Waals surface area contributed by atoms with Gasteiger partial charge < -0.3 is 10.1 Å². The minimum absolute atomic E-state index is 0. The molecule has 23 heavy (non-hydrogen) atoms. The zero-order chi connectivity index (χ0) is 16.2. The van der Waals surface area contributed by atoms with Crippen molar-refractivity contribution in [2.45, 2.75) is 6.92 Å². The van der Waals surface area contributed by atoms with Crippen LogP contribution in [0.1, 0.15) is 28.4 Å². The Labute approximate surface area is 162 Å². The predicted octanol–water partition coefficient (Wildman–Crippen LogP) is 3.62. The summed E-state index contributed by atoms with van der Waals surface area (Å²) in [7, 11) is 1.59. The Kier molecular flexibility index (Phi) is 11.9. The third-order valence-electron chi connectivity index (χ3n) is 2.76. The maximum absolute atomic E-state index is 10.2. The monoisotopic (exact) mass is 384 g/mol. The van der Waals surface area contributed by atoms with Gasteiger partial charge in [-0.1, -0.05) is 24.3 Å². The van der Waals surface area contributed by atoms with E-state index in [0.29, 0.717) is 5.56 Å². The molecule has 2 rings (SSSR count). The van der Waals surface area contributed by atoms with Crippen LogP contribution in [-0.4, -0.2) is 32.4 Å². The summed E-state index contributed by atoms with van der Waals surface area (Å²) in [6.45, 7) is 2.79. The Hall–Kier alpha value is -1.65. The molecule has 0 aromatic heterocycles. The molecule has 0 aliphatic rings. The number of aldehydes is 1. The van der Waals surface area contributed by atoms with Gasteiger partial charge in [-0.25, -0.2) is 0 Å². The number of methoxy groups -OCH3 is 1. The molecule has 5 heteroatoms. The number of hydrogen-bond donors (Lipinski definition) is 0. The molecule has 1 radical (unpaired) electrons. The molecule has 2 aromatic carbocycles. The van der Waals surface area contributed by atoms with Crippen LogP contribution < -0.4 is 4.74 Å². The fourth-order valence-electron chi connectivity index (χ4n) is 1.55. The van der Waals surface area contributed by atoms with Gasteiger partial charge in [-0.3, -0.25) is 9.79 Å². The molecule has 0 amide bonds. The average molecular weight is 384 g/mol. The molecule has 0 unspecified atom stereocenters. The van der Waals surface area contributed by atoms with Gasteiger partial charge in [-0.2, -0.15) is 6.21 Å². The van der Waals surface area contributed by atoms with Crippen molar-refractivity contribution in [3.8, 4) is 5.75 Å². The van der Waals surface area contributed by atoms with E-state index < -0.39 is 0 Å². The molecule has 0 aliphatic heterocycles. The largest absolute Gasteiger partial charge is 0.810 e. The number of rotatable bonds is 5. The molecule has 0 saturated heterocycles. The van der Waals surface area contributed by atoms with Crippen molar-refractivity contribution in [1.82, 2.24) is 0 Å². The number of nitrogens with zero attached hydrogens (tertiary/aromatic N) is 2. The first-order valence-corrected chi connectivity index (χ1v) is 6.90. The van der Waals surface area contributed by atoms with Gasteiger partial charge >= 0.3 is 0 Å². The molecular weight excluding hydrogens is 365 g/mol. The fourth-order valence-corrected chi connectivity index (χ4v) is 1.55. The summed E-state index contributed by atoms with van der Waals surface area (Å²) in [6.07, 6.45) is 3.71. The molecule has 0 spiro atoms. The van der Waals surface area contributed by atoms with Gasteiger partial charge in [0.25, 0.3) is 0 Å². The van der Waals surface area contributed by atoms with E-state index in [9.17, 15) is 4.79 Å². The van der Waals surface area contributed by atoms with E-state index in [4.69, 9.17) is 10.1 Å². The maximum Gasteiger partial charge on any atom is 0.150 e. The van der Waals surface area contributed by atoms with Crippen LogP contribution in [0, 0.1) is 0 Å². The minimum atomic E-state index is 0. The van der Waals surface area contributed by atoms with Crippen molar-refractivity contribution < 1.29 is 42.2 Å². The second-order valence-corrected chi connectivity index (χ2v) is 4.31. The second kappa shape index (κ2) is 12.9. The normalized spacial score (nSPS) is 9.30. The number of aliphatic imine (C=N–C) groups is 1. The topological polar surface area (TPSA) is 61.0 Å². The molecule has 0 N–H and O–H groups in total. The summed E-state index contributed by atoms with van der Waals surface area (Å²) in [6, 6.07) is 14.5. The van der Waals surface area contributed by atoms with E-state index in [2.05, 4.69) is 4.99 Å². The summed E-state index contributed by atoms with van der Waals surface area (Å²) in [5.74, 6) is 0.769. The van der Waals surface area contributed by atoms with Crippen molar-refractivity contribution >= 4 is 18.7 Å². The van der Waals surface area contributed by atoms with E-state index in [1.165, 1.54) is 0 Å². The van der Waals surface area contributed by atoms with E-state index in [1.807, 2.05) is 37.4 Å². The average Bonchev–Trinajstić information content (AvgIpc) is 2.61. The number of carbonyl (C=O) groups is 1. The van der Waals surface area contributed by atoms with Gasteiger partial charge in [0.1, 0.15) is 12.0 Å². The van der Waals surface area contributed by atoms with E-state index in [-0.39, 0.29) is 32.7 Å². The first kappa shape index (κ1) is 21.4. The van der Waals surface area contributed by atoms with E-state index in [1.54, 1.807) is 31.4 Å². The van der Waals surface area contributed by atoms with Crippen LogP contribution in [0.3, 0.4) is 0 Å². The van der Waals surface area contributed by atoms with Crippen molar-refractivity contribution in [2.24, 2.45) is 4.99 Å². The van der Waals surface area contributed by atoms with E-state index >= 15 is 0 Å². The van der Waals surface area contributed by atoms with Gasteiger partial charge in [0.05, 0.1) is 7.11 Å². The smallest absolute Gasteiger partial charge is 0.150 e. The molecule has 0 bridgehead atoms. The van der Waals surface area contributed by atoms with Crippen LogP contribution >= 0.6 is 0 Å². The van der Waals surface area contributed by atoms with Gasteiger partial charge in [-0.15, -0.1) is 0 Å². The molecule has 0 atom stereocenters. The van der Waals surface area contributed by atoms with Crippen LogP contribution in [0.15, 0.2) is 53.5 Å². The number of ether oxygens (including phenoxy) is 1. The van der Waals surface area contributed by atoms with Crippen LogP contribution in [-0.2, 0) is 32.7 Å². The quantitative estimate of drug-likeness (QED) is 0.584. The fraction of sp³-hybridized carbons (Fsp3) is 0.167. The van der Waals surface area contributed by atoms with Crippen LogP contribution in [0.25, 0.3) is 5.41 Å².